The molecule has 3 nitrogen and oxygen atoms in total. The average Bonchev–Trinajstić information content (AvgIpc) is 2.88. The van der Waals surface area contributed by atoms with E-state index in [2.05, 4.69) is 56.9 Å². The standard InChI is InChI=1S/C22H18N3/c1-3-7-18(8-4-1)17-25-15-13-20(14-16-25)23-24-22-12-11-19-9-5-2-6-10-21(19)22/h1-16H,17H2/q+1. The van der Waals surface area contributed by atoms with Crippen LogP contribution in [0.15, 0.2) is 102 Å². The smallest absolute Gasteiger partial charge is 0.349 e. The normalized spacial score (nSPS) is 10.4. The van der Waals surface area contributed by atoms with Crippen LogP contribution < -0.4 is 5.36 Å². The molecule has 0 unspecified atom stereocenters. The van der Waals surface area contributed by atoms with Crippen molar-refractivity contribution < 1.29 is 4.79 Å². The molecule has 25 heavy (non-hydrogen) atoms. The molecule has 0 fully saturated rings. The van der Waals surface area contributed by atoms with Crippen LogP contribution in [-0.2, 0) is 6.54 Å². The van der Waals surface area contributed by atoms with Crippen LogP contribution in [0.5, 0.6) is 0 Å². The molecule has 0 N–H and O–H groups in total. The molecule has 4 rings (SSSR count). The van der Waals surface area contributed by atoms with E-state index in [1.807, 2.05) is 54.9 Å². The van der Waals surface area contributed by atoms with Crippen molar-refractivity contribution in [3.63, 3.8) is 0 Å². The molecule has 2 aliphatic rings. The van der Waals surface area contributed by atoms with Crippen molar-refractivity contribution in [2.24, 2.45) is 5.11 Å². The van der Waals surface area contributed by atoms with Crippen LogP contribution in [0, 0.1) is 0 Å². The summed E-state index contributed by atoms with van der Waals surface area (Å²) >= 11 is 0. The predicted molar refractivity (Wildman–Crippen MR) is 98.5 cm³/mol. The molecule has 0 bridgehead atoms. The van der Waals surface area contributed by atoms with E-state index in [1.54, 1.807) is 0 Å². The fraction of sp³-hybridized carbons (Fsp3) is 0.0455. The number of hydrogen-bond donors (Lipinski definition) is 0. The first-order chi connectivity index (χ1) is 12.4. The van der Waals surface area contributed by atoms with Crippen LogP contribution in [0.1, 0.15) is 5.56 Å². The van der Waals surface area contributed by atoms with Gasteiger partial charge in [-0.15, -0.1) is 0 Å². The summed E-state index contributed by atoms with van der Waals surface area (Å²) in [5, 5.41) is 5.27. The van der Waals surface area contributed by atoms with Gasteiger partial charge in [-0.05, 0) is 17.2 Å². The highest BCUT2D eigenvalue weighted by atomic mass is 15.0. The predicted octanol–water partition coefficient (Wildman–Crippen LogP) is 4.53. The number of pyridine rings is 1. The Balaban J connectivity index is 1.60. The Labute approximate surface area is 146 Å². The Morgan fingerprint density at radius 1 is 0.720 bits per heavy atom. The van der Waals surface area contributed by atoms with Gasteiger partial charge in [0.25, 0.3) is 0 Å². The van der Waals surface area contributed by atoms with Gasteiger partial charge in [0.05, 0.1) is 4.79 Å². The van der Waals surface area contributed by atoms with Crippen molar-refractivity contribution in [3.05, 3.63) is 108 Å². The lowest BCUT2D eigenvalue weighted by molar-refractivity contribution is -0.132. The van der Waals surface area contributed by atoms with E-state index in [4.69, 9.17) is 0 Å². The summed E-state index contributed by atoms with van der Waals surface area (Å²) in [5.74, 6) is 0. The van der Waals surface area contributed by atoms with Gasteiger partial charge in [-0.1, -0.05) is 66.7 Å². The molecule has 0 aliphatic heterocycles. The van der Waals surface area contributed by atoms with Crippen LogP contribution in [0.3, 0.4) is 0 Å². The first-order valence-corrected chi connectivity index (χ1v) is 8.31. The summed E-state index contributed by atoms with van der Waals surface area (Å²) in [4.78, 5) is 4.38. The summed E-state index contributed by atoms with van der Waals surface area (Å²) in [7, 11) is 0. The van der Waals surface area contributed by atoms with Gasteiger partial charge in [0, 0.05) is 36.6 Å². The lowest BCUT2D eigenvalue weighted by Gasteiger charge is -2.04. The monoisotopic (exact) mass is 324 g/mol. The maximum Gasteiger partial charge on any atom is 0.368 e. The van der Waals surface area contributed by atoms with E-state index < -0.39 is 0 Å². The van der Waals surface area contributed by atoms with Gasteiger partial charge in [0.1, 0.15) is 5.11 Å². The van der Waals surface area contributed by atoms with Crippen molar-refractivity contribution in [1.82, 2.24) is 4.57 Å². The van der Waals surface area contributed by atoms with E-state index in [1.165, 1.54) is 11.1 Å². The van der Waals surface area contributed by atoms with Crippen molar-refractivity contribution in [1.29, 1.82) is 0 Å². The molecule has 3 heteroatoms. The van der Waals surface area contributed by atoms with E-state index >= 15 is 0 Å². The number of hydrogen-bond acceptors (Lipinski definition) is 1. The Morgan fingerprint density at radius 3 is 2.24 bits per heavy atom. The molecule has 0 saturated heterocycles. The molecule has 120 valence electrons. The minimum atomic E-state index is 0.846. The molecule has 1 aromatic carbocycles. The highest BCUT2D eigenvalue weighted by Crippen LogP contribution is 2.32. The maximum atomic E-state index is 4.42. The van der Waals surface area contributed by atoms with Gasteiger partial charge in [-0.3, -0.25) is 0 Å². The summed E-state index contributed by atoms with van der Waals surface area (Å²) in [5.41, 5.74) is 4.46. The molecule has 1 aromatic heterocycles. The zero-order valence-electron chi connectivity index (χ0n) is 13.8. The van der Waals surface area contributed by atoms with Gasteiger partial charge in [-0.2, -0.15) is 0 Å². The van der Waals surface area contributed by atoms with Crippen LogP contribution in [0.25, 0.3) is 11.1 Å². The van der Waals surface area contributed by atoms with Crippen LogP contribution in [0.4, 0.5) is 5.69 Å². The van der Waals surface area contributed by atoms with E-state index in [0.717, 1.165) is 23.2 Å². The summed E-state index contributed by atoms with van der Waals surface area (Å²) in [6.07, 6.45) is 4.06. The molecule has 0 atom stereocenters. The molecule has 0 radical (unpaired) electrons. The van der Waals surface area contributed by atoms with Gasteiger partial charge >= 0.3 is 5.36 Å². The van der Waals surface area contributed by atoms with Gasteiger partial charge in [0.15, 0.2) is 5.69 Å². The van der Waals surface area contributed by atoms with Gasteiger partial charge in [-0.25, -0.2) is 0 Å². The van der Waals surface area contributed by atoms with Crippen LogP contribution >= 0.6 is 0 Å². The third-order valence-corrected chi connectivity index (χ3v) is 4.12. The molecule has 0 amide bonds. The second kappa shape index (κ2) is 7.00. The van der Waals surface area contributed by atoms with Crippen LogP contribution in [-0.4, -0.2) is 9.36 Å². The van der Waals surface area contributed by atoms with Crippen molar-refractivity contribution in [2.45, 2.75) is 6.54 Å². The quantitative estimate of drug-likeness (QED) is 0.391. The lowest BCUT2D eigenvalue weighted by atomic mass is 10.2. The summed E-state index contributed by atoms with van der Waals surface area (Å²) in [6, 6.07) is 28.7. The minimum absolute atomic E-state index is 0.846. The fourth-order valence-corrected chi connectivity index (χ4v) is 2.81. The third-order valence-electron chi connectivity index (χ3n) is 4.12. The number of rotatable bonds is 3. The van der Waals surface area contributed by atoms with E-state index in [-0.39, 0.29) is 0 Å². The minimum Gasteiger partial charge on any atom is -0.349 e. The van der Waals surface area contributed by atoms with Gasteiger partial charge in [0.2, 0.25) is 0 Å². The second-order valence-corrected chi connectivity index (χ2v) is 5.91. The molecule has 0 spiro atoms. The first kappa shape index (κ1) is 15.1. The number of aromatic nitrogens is 1. The van der Waals surface area contributed by atoms with Gasteiger partial charge < -0.3 is 4.57 Å². The molecular formula is C22H18N3+. The molecule has 2 aliphatic carbocycles. The SMILES string of the molecule is c1ccc(Cn2ccc(=[N+]=Nc3ccc4cccccc3-4)cc2)cc1. The number of fused-ring (bicyclic) bond motifs is 1. The summed E-state index contributed by atoms with van der Waals surface area (Å²) < 4.78 is 2.13. The second-order valence-electron chi connectivity index (χ2n) is 5.91. The Hall–Kier alpha value is -3.42. The zero-order valence-corrected chi connectivity index (χ0v) is 13.8. The Kier molecular flexibility index (Phi) is 4.23. The first-order valence-electron chi connectivity index (χ1n) is 8.31. The largest absolute Gasteiger partial charge is 0.368 e. The Morgan fingerprint density at radius 2 is 1.44 bits per heavy atom. The van der Waals surface area contributed by atoms with E-state index in [0.29, 0.717) is 0 Å². The highest BCUT2D eigenvalue weighted by Gasteiger charge is 2.09. The molecule has 2 aromatic rings. The van der Waals surface area contributed by atoms with Crippen LogP contribution in [0.2, 0.25) is 0 Å². The van der Waals surface area contributed by atoms with Crippen molar-refractivity contribution in [2.75, 3.05) is 0 Å². The third kappa shape index (κ3) is 3.57. The van der Waals surface area contributed by atoms with E-state index in [9.17, 15) is 0 Å². The maximum absolute atomic E-state index is 4.42. The topological polar surface area (TPSA) is 31.4 Å². The van der Waals surface area contributed by atoms with Crippen molar-refractivity contribution >= 4 is 5.69 Å². The zero-order chi connectivity index (χ0) is 16.9. The molecule has 0 saturated carbocycles. The fourth-order valence-electron chi connectivity index (χ4n) is 2.81. The Bertz CT molecular complexity index is 1040. The number of nitrogens with zero attached hydrogens (tertiary/aromatic N) is 3. The lowest BCUT2D eigenvalue weighted by Crippen LogP contribution is -2.07. The molecular weight excluding hydrogens is 306 g/mol. The average molecular weight is 324 g/mol. The summed E-state index contributed by atoms with van der Waals surface area (Å²) in [6.45, 7) is 0.849. The highest BCUT2D eigenvalue weighted by molar-refractivity contribution is 5.78. The van der Waals surface area contributed by atoms with Crippen molar-refractivity contribution in [3.8, 4) is 11.1 Å². The molecule has 1 heterocycles. The number of benzene rings is 1.